The number of likely N-dealkylation sites (tertiary alicyclic amines) is 1. The maximum atomic E-state index is 12.9. The number of para-hydroxylation sites is 2. The van der Waals surface area contributed by atoms with Gasteiger partial charge in [-0.2, -0.15) is 0 Å². The highest BCUT2D eigenvalue weighted by atomic mass is 16.4. The van der Waals surface area contributed by atoms with Gasteiger partial charge in [0.15, 0.2) is 5.58 Å². The van der Waals surface area contributed by atoms with Crippen LogP contribution >= 0.6 is 0 Å². The number of oxazole rings is 1. The fourth-order valence-corrected chi connectivity index (χ4v) is 4.50. The van der Waals surface area contributed by atoms with Gasteiger partial charge in [0, 0.05) is 37.3 Å². The van der Waals surface area contributed by atoms with Gasteiger partial charge >= 0.3 is 5.76 Å². The Bertz CT molecular complexity index is 1160. The average molecular weight is 365 g/mol. The lowest BCUT2D eigenvalue weighted by Gasteiger charge is -2.42. The number of hydrogen-bond acceptors (Lipinski definition) is 4. The summed E-state index contributed by atoms with van der Waals surface area (Å²) in [4.78, 5) is 39.0. The largest absolute Gasteiger partial charge is 0.420 e. The molecule has 5 rings (SSSR count). The van der Waals surface area contributed by atoms with Gasteiger partial charge in [0.05, 0.1) is 5.52 Å². The third-order valence-corrected chi connectivity index (χ3v) is 5.70. The van der Waals surface area contributed by atoms with Crippen molar-refractivity contribution in [2.24, 2.45) is 5.92 Å². The normalized spacial score (nSPS) is 21.3. The zero-order valence-electron chi connectivity index (χ0n) is 14.7. The minimum absolute atomic E-state index is 0.0263. The molecular weight excluding hydrogens is 346 g/mol. The molecule has 138 valence electrons. The molecule has 3 aromatic rings. The minimum atomic E-state index is -0.515. The molecule has 2 aliphatic heterocycles. The van der Waals surface area contributed by atoms with Gasteiger partial charge in [-0.1, -0.05) is 18.2 Å². The van der Waals surface area contributed by atoms with Gasteiger partial charge in [-0.25, -0.2) is 4.79 Å². The third-order valence-electron chi connectivity index (χ3n) is 5.70. The Morgan fingerprint density at radius 1 is 1.04 bits per heavy atom. The van der Waals surface area contributed by atoms with Gasteiger partial charge in [-0.3, -0.25) is 14.2 Å². The van der Waals surface area contributed by atoms with Gasteiger partial charge in [-0.15, -0.1) is 0 Å². The maximum Gasteiger partial charge on any atom is 0.420 e. The molecule has 2 atom stereocenters. The molecule has 4 heterocycles. The van der Waals surface area contributed by atoms with Crippen molar-refractivity contribution in [3.05, 3.63) is 69.1 Å². The summed E-state index contributed by atoms with van der Waals surface area (Å²) in [5.41, 5.74) is 2.14. The molecule has 1 aromatic carbocycles. The molecule has 2 bridgehead atoms. The van der Waals surface area contributed by atoms with Crippen LogP contribution in [0.1, 0.15) is 18.0 Å². The van der Waals surface area contributed by atoms with E-state index in [1.807, 2.05) is 21.6 Å². The van der Waals surface area contributed by atoms with Gasteiger partial charge in [0.2, 0.25) is 5.91 Å². The molecule has 0 spiro atoms. The molecule has 2 aromatic heterocycles. The van der Waals surface area contributed by atoms with E-state index in [-0.39, 0.29) is 29.8 Å². The number of carbonyl (C=O) groups is 1. The first-order chi connectivity index (χ1) is 13.1. The van der Waals surface area contributed by atoms with Crippen molar-refractivity contribution in [1.82, 2.24) is 14.0 Å². The number of carbonyl (C=O) groups excluding carboxylic acids is 1. The SMILES string of the molecule is O=C(Cn1c(=O)oc2ccccc21)N1C[C@@H]2C[C@@H](C1)c1cccc(=O)n1C2. The summed E-state index contributed by atoms with van der Waals surface area (Å²) in [7, 11) is 0. The zero-order valence-corrected chi connectivity index (χ0v) is 14.7. The van der Waals surface area contributed by atoms with Crippen LogP contribution in [-0.2, 0) is 17.9 Å². The van der Waals surface area contributed by atoms with Crippen LogP contribution in [0.25, 0.3) is 11.1 Å². The standard InChI is InChI=1S/C20H19N3O4/c24-18-7-3-5-15-14-8-13(10-22(15)18)9-21(11-14)19(25)12-23-16-4-1-2-6-17(16)27-20(23)26/h1-7,13-14H,8-12H2/t13-,14-/m0/s1. The van der Waals surface area contributed by atoms with E-state index >= 15 is 0 Å². The van der Waals surface area contributed by atoms with Crippen molar-refractivity contribution in [1.29, 1.82) is 0 Å². The van der Waals surface area contributed by atoms with E-state index in [1.165, 1.54) is 4.57 Å². The molecule has 0 saturated carbocycles. The van der Waals surface area contributed by atoms with Crippen LogP contribution < -0.4 is 11.3 Å². The van der Waals surface area contributed by atoms with Gasteiger partial charge in [-0.05, 0) is 30.5 Å². The van der Waals surface area contributed by atoms with Crippen LogP contribution in [0, 0.1) is 5.92 Å². The summed E-state index contributed by atoms with van der Waals surface area (Å²) >= 11 is 0. The number of nitrogens with zero attached hydrogens (tertiary/aromatic N) is 3. The third kappa shape index (κ3) is 2.61. The highest BCUT2D eigenvalue weighted by Gasteiger charge is 2.36. The summed E-state index contributed by atoms with van der Waals surface area (Å²) in [6.45, 7) is 1.80. The van der Waals surface area contributed by atoms with Gasteiger partial charge in [0.1, 0.15) is 6.54 Å². The molecule has 2 aliphatic rings. The number of rotatable bonds is 2. The number of amides is 1. The van der Waals surface area contributed by atoms with E-state index in [9.17, 15) is 14.4 Å². The number of hydrogen-bond donors (Lipinski definition) is 0. The summed E-state index contributed by atoms with van der Waals surface area (Å²) in [6, 6.07) is 12.5. The molecule has 7 nitrogen and oxygen atoms in total. The van der Waals surface area contributed by atoms with Crippen molar-refractivity contribution in [2.45, 2.75) is 25.4 Å². The topological polar surface area (TPSA) is 77.5 Å². The highest BCUT2D eigenvalue weighted by molar-refractivity contribution is 5.79. The fraction of sp³-hybridized carbons (Fsp3) is 0.350. The first-order valence-corrected chi connectivity index (χ1v) is 9.16. The van der Waals surface area contributed by atoms with Crippen LogP contribution in [0.15, 0.2) is 56.5 Å². The number of pyridine rings is 1. The van der Waals surface area contributed by atoms with Gasteiger partial charge in [0.25, 0.3) is 5.56 Å². The Balaban J connectivity index is 1.42. The van der Waals surface area contributed by atoms with Crippen LogP contribution in [0.3, 0.4) is 0 Å². The lowest BCUT2D eigenvalue weighted by atomic mass is 9.83. The molecule has 0 unspecified atom stereocenters. The van der Waals surface area contributed by atoms with Crippen LogP contribution in [-0.4, -0.2) is 33.0 Å². The Hall–Kier alpha value is -3.09. The molecule has 7 heteroatoms. The number of fused-ring (bicyclic) bond motifs is 5. The number of piperidine rings is 1. The Morgan fingerprint density at radius 3 is 2.78 bits per heavy atom. The second-order valence-electron chi connectivity index (χ2n) is 7.42. The lowest BCUT2D eigenvalue weighted by molar-refractivity contribution is -0.134. The van der Waals surface area contributed by atoms with E-state index in [0.29, 0.717) is 30.7 Å². The van der Waals surface area contributed by atoms with E-state index < -0.39 is 5.76 Å². The molecule has 27 heavy (non-hydrogen) atoms. The summed E-state index contributed by atoms with van der Waals surface area (Å²) in [5, 5.41) is 0. The van der Waals surface area contributed by atoms with Gasteiger partial charge < -0.3 is 13.9 Å². The highest BCUT2D eigenvalue weighted by Crippen LogP contribution is 2.35. The molecular formula is C20H19N3O4. The molecule has 1 amide bonds. The van der Waals surface area contributed by atoms with Crippen molar-refractivity contribution >= 4 is 17.0 Å². The second-order valence-corrected chi connectivity index (χ2v) is 7.42. The van der Waals surface area contributed by atoms with Crippen LogP contribution in [0.2, 0.25) is 0 Å². The lowest BCUT2D eigenvalue weighted by Crippen LogP contribution is -2.50. The molecule has 0 radical (unpaired) electrons. The fourth-order valence-electron chi connectivity index (χ4n) is 4.50. The monoisotopic (exact) mass is 365 g/mol. The Morgan fingerprint density at radius 2 is 1.89 bits per heavy atom. The summed E-state index contributed by atoms with van der Waals surface area (Å²) in [5.74, 6) is -0.185. The van der Waals surface area contributed by atoms with Crippen molar-refractivity contribution in [3.8, 4) is 0 Å². The van der Waals surface area contributed by atoms with Crippen molar-refractivity contribution in [2.75, 3.05) is 13.1 Å². The molecule has 0 aliphatic carbocycles. The first-order valence-electron chi connectivity index (χ1n) is 9.16. The predicted octanol–water partition coefficient (Wildman–Crippen LogP) is 1.40. The zero-order chi connectivity index (χ0) is 18.5. The number of benzene rings is 1. The van der Waals surface area contributed by atoms with Crippen LogP contribution in [0.4, 0.5) is 0 Å². The Kier molecular flexibility index (Phi) is 3.56. The average Bonchev–Trinajstić information content (AvgIpc) is 2.98. The quantitative estimate of drug-likeness (QED) is 0.688. The van der Waals surface area contributed by atoms with E-state index in [1.54, 1.807) is 30.3 Å². The van der Waals surface area contributed by atoms with Crippen LogP contribution in [0.5, 0.6) is 0 Å². The molecule has 0 N–H and O–H groups in total. The number of aromatic nitrogens is 2. The maximum absolute atomic E-state index is 12.9. The minimum Gasteiger partial charge on any atom is -0.408 e. The van der Waals surface area contributed by atoms with E-state index in [2.05, 4.69) is 0 Å². The molecule has 1 saturated heterocycles. The van der Waals surface area contributed by atoms with Crippen molar-refractivity contribution < 1.29 is 9.21 Å². The first kappa shape index (κ1) is 16.1. The summed E-state index contributed by atoms with van der Waals surface area (Å²) < 4.78 is 8.45. The predicted molar refractivity (Wildman–Crippen MR) is 98.6 cm³/mol. The van der Waals surface area contributed by atoms with Crippen molar-refractivity contribution in [3.63, 3.8) is 0 Å². The second kappa shape index (κ2) is 5.97. The van der Waals surface area contributed by atoms with E-state index in [0.717, 1.165) is 12.1 Å². The van der Waals surface area contributed by atoms with E-state index in [4.69, 9.17) is 4.42 Å². The molecule has 1 fully saturated rings. The smallest absolute Gasteiger partial charge is 0.408 e. The summed E-state index contributed by atoms with van der Waals surface area (Å²) in [6.07, 6.45) is 0.988. The Labute approximate surface area is 154 Å².